The second-order valence-electron chi connectivity index (χ2n) is 11.9. The van der Waals surface area contributed by atoms with Gasteiger partial charge in [0.15, 0.2) is 17.5 Å². The minimum absolute atomic E-state index is 0.135. The molecule has 0 amide bonds. The van der Waals surface area contributed by atoms with Crippen LogP contribution in [-0.2, 0) is 39.9 Å². The molecule has 9 N–H and O–H groups in total. The number of aliphatic carboxylic acids is 4. The Hall–Kier alpha value is -5.08. The van der Waals surface area contributed by atoms with Crippen LogP contribution in [0.25, 0.3) is 0 Å². The lowest BCUT2D eigenvalue weighted by Crippen LogP contribution is -2.60. The predicted molar refractivity (Wildman–Crippen MR) is 160 cm³/mol. The number of rotatable bonds is 13. The van der Waals surface area contributed by atoms with Crippen molar-refractivity contribution in [2.75, 3.05) is 11.5 Å². The average Bonchev–Trinajstić information content (AvgIpc) is 3.35. The fourth-order valence-electron chi connectivity index (χ4n) is 5.43. The van der Waals surface area contributed by atoms with Gasteiger partial charge in [0.1, 0.15) is 42.8 Å². The van der Waals surface area contributed by atoms with E-state index in [2.05, 4.69) is 4.99 Å². The molecule has 19 heteroatoms. The molecule has 0 saturated carbocycles. The largest absolute Gasteiger partial charge is 0.504 e. The van der Waals surface area contributed by atoms with Gasteiger partial charge in [0.05, 0.1) is 18.4 Å². The third-order valence-corrected chi connectivity index (χ3v) is 7.85. The van der Waals surface area contributed by atoms with Gasteiger partial charge in [0, 0.05) is 30.8 Å². The van der Waals surface area contributed by atoms with Crippen molar-refractivity contribution < 1.29 is 84.1 Å². The van der Waals surface area contributed by atoms with Crippen molar-refractivity contribution >= 4 is 41.2 Å². The summed E-state index contributed by atoms with van der Waals surface area (Å²) in [7, 11) is 0. The van der Waals surface area contributed by atoms with Gasteiger partial charge in [-0.25, -0.2) is 14.4 Å². The van der Waals surface area contributed by atoms with Gasteiger partial charge in [0.25, 0.3) is 0 Å². The van der Waals surface area contributed by atoms with Crippen LogP contribution in [0.2, 0.25) is 0 Å². The molecule has 0 aliphatic carbocycles. The fraction of sp³-hybridized carbons (Fsp3) is 0.467. The van der Waals surface area contributed by atoms with Crippen molar-refractivity contribution in [3.8, 4) is 11.5 Å². The van der Waals surface area contributed by atoms with Crippen molar-refractivity contribution in [1.82, 2.24) is 0 Å². The highest BCUT2D eigenvalue weighted by molar-refractivity contribution is 6.41. The number of aromatic hydroxyl groups is 1. The Labute approximate surface area is 276 Å². The number of fused-ring (bicyclic) bond motifs is 1. The number of carbonyl (C=O) groups excluding carboxylic acids is 1. The van der Waals surface area contributed by atoms with Gasteiger partial charge in [-0.1, -0.05) is 0 Å². The van der Waals surface area contributed by atoms with Crippen molar-refractivity contribution in [2.45, 2.75) is 81.0 Å². The summed E-state index contributed by atoms with van der Waals surface area (Å²) < 4.78 is 16.1. The molecule has 1 saturated heterocycles. The minimum Gasteiger partial charge on any atom is -0.504 e. The number of benzene rings is 1. The number of aliphatic hydroxyl groups excluding tert-OH is 3. The molecule has 0 aromatic heterocycles. The molecule has 0 bridgehead atoms. The van der Waals surface area contributed by atoms with Gasteiger partial charge in [-0.2, -0.15) is 0 Å². The fourth-order valence-corrected chi connectivity index (χ4v) is 5.43. The zero-order valence-electron chi connectivity index (χ0n) is 25.6. The number of hydrogen-bond acceptors (Lipinski definition) is 15. The number of dihydropyridines is 1. The van der Waals surface area contributed by atoms with Crippen molar-refractivity contribution in [1.29, 1.82) is 0 Å². The lowest BCUT2D eigenvalue weighted by molar-refractivity contribution is -0.278. The molecule has 1 fully saturated rings. The van der Waals surface area contributed by atoms with Crippen LogP contribution in [0.4, 0.5) is 5.69 Å². The number of phenolic OH excluding ortho intramolecular Hbond substituents is 1. The minimum atomic E-state index is -1.94. The van der Waals surface area contributed by atoms with Crippen LogP contribution < -0.4 is 9.64 Å². The molecule has 1 aromatic rings. The first-order valence-electron chi connectivity index (χ1n) is 14.6. The monoisotopic (exact) mass is 694 g/mol. The average molecular weight is 695 g/mol. The summed E-state index contributed by atoms with van der Waals surface area (Å²) in [6.45, 7) is 0.389. The molecule has 0 unspecified atom stereocenters. The van der Waals surface area contributed by atoms with E-state index in [-0.39, 0.29) is 29.9 Å². The first-order valence-corrected chi connectivity index (χ1v) is 14.6. The maximum Gasteiger partial charge on any atom is 0.354 e. The zero-order chi connectivity index (χ0) is 36.4. The van der Waals surface area contributed by atoms with Crippen LogP contribution in [0, 0.1) is 0 Å². The highest BCUT2D eigenvalue weighted by atomic mass is 16.7. The molecule has 19 nitrogen and oxygen atoms in total. The number of phenols is 1. The molecular formula is C30H34N2O17. The molecule has 3 heterocycles. The van der Waals surface area contributed by atoms with Crippen LogP contribution in [0.5, 0.6) is 11.5 Å². The highest BCUT2D eigenvalue weighted by Gasteiger charge is 2.46. The summed E-state index contributed by atoms with van der Waals surface area (Å²) in [6, 6.07) is -0.210. The number of aliphatic imine (C=N–C) groups is 1. The molecular weight excluding hydrogens is 660 g/mol. The Morgan fingerprint density at radius 1 is 1.00 bits per heavy atom. The summed E-state index contributed by atoms with van der Waals surface area (Å²) >= 11 is 0. The summed E-state index contributed by atoms with van der Waals surface area (Å²) in [4.78, 5) is 63.0. The first-order chi connectivity index (χ1) is 22.9. The maximum atomic E-state index is 12.2. The number of anilines is 1. The third-order valence-electron chi connectivity index (χ3n) is 7.85. The van der Waals surface area contributed by atoms with Gasteiger partial charge in [0.2, 0.25) is 6.29 Å². The van der Waals surface area contributed by atoms with Crippen molar-refractivity contribution in [2.24, 2.45) is 4.99 Å². The number of esters is 1. The van der Waals surface area contributed by atoms with E-state index in [0.29, 0.717) is 5.56 Å². The lowest BCUT2D eigenvalue weighted by atomic mass is 9.98. The van der Waals surface area contributed by atoms with E-state index in [0.717, 1.165) is 19.1 Å². The number of carbonyl (C=O) groups is 5. The molecule has 1 aromatic carbocycles. The van der Waals surface area contributed by atoms with Crippen LogP contribution >= 0.6 is 0 Å². The smallest absolute Gasteiger partial charge is 0.354 e. The standard InChI is InChI=1S/C30H34N2O17/c1-30(46,9-21(34)35)10-22(36)47-11-20-23(37)24(38)25(39)29(49-20)48-19-7-13-6-17(28(44)45)32(16(13)8-18(19)33)3-2-12-4-14(26(40)41)31-15(5-12)27(42)43/h2-4,7-8,15,17,20,23-25,29,33,37-39,46H,5-6,9-11H2,1H3,(H,34,35)(H,40,41)(H,42,43)(H,44,45)/b3-2+/t15-,17-,20+,23+,24-,25+,29+,30-/m0/s1. The summed E-state index contributed by atoms with van der Waals surface area (Å²) in [6.07, 6.45) is -6.86. The van der Waals surface area contributed by atoms with Crippen molar-refractivity contribution in [3.05, 3.63) is 41.6 Å². The molecule has 8 atom stereocenters. The molecule has 266 valence electrons. The van der Waals surface area contributed by atoms with E-state index in [1.54, 1.807) is 0 Å². The van der Waals surface area contributed by atoms with Gasteiger partial charge < -0.3 is 65.1 Å². The molecule has 49 heavy (non-hydrogen) atoms. The van der Waals surface area contributed by atoms with E-state index in [1.807, 2.05) is 0 Å². The second kappa shape index (κ2) is 14.6. The number of nitrogens with zero attached hydrogens (tertiary/aromatic N) is 2. The number of hydrogen-bond donors (Lipinski definition) is 9. The number of carboxylic acids is 4. The Kier molecular flexibility index (Phi) is 10.9. The van der Waals surface area contributed by atoms with Crippen LogP contribution in [0.15, 0.2) is 41.1 Å². The Morgan fingerprint density at radius 2 is 1.69 bits per heavy atom. The van der Waals surface area contributed by atoms with Gasteiger partial charge >= 0.3 is 29.8 Å². The Bertz CT molecular complexity index is 1600. The Balaban J connectivity index is 1.51. The highest BCUT2D eigenvalue weighted by Crippen LogP contribution is 2.42. The second-order valence-corrected chi connectivity index (χ2v) is 11.9. The SMILES string of the molecule is C[C@](O)(CC(=O)O)CC(=O)OC[C@H]1O[C@@H](Oc2cc3c(cc2O)N(/C=C/C2=CC(C(=O)O)=N[C@H](C(=O)O)C2)[C@H](C(=O)O)C3)[C@H](O)[C@@H](O)[C@@H]1O. The van der Waals surface area contributed by atoms with Crippen molar-refractivity contribution in [3.63, 3.8) is 0 Å². The van der Waals surface area contributed by atoms with Crippen LogP contribution in [0.1, 0.15) is 31.7 Å². The summed E-state index contributed by atoms with van der Waals surface area (Å²) in [5, 5.41) is 89.6. The number of carboxylic acid groups (broad SMARTS) is 4. The Morgan fingerprint density at radius 3 is 2.31 bits per heavy atom. The van der Waals surface area contributed by atoms with Gasteiger partial charge in [-0.3, -0.25) is 14.6 Å². The predicted octanol–water partition coefficient (Wildman–Crippen LogP) is -1.62. The maximum absolute atomic E-state index is 12.2. The lowest BCUT2D eigenvalue weighted by Gasteiger charge is -2.40. The van der Waals surface area contributed by atoms with E-state index in [9.17, 15) is 64.8 Å². The molecule has 0 spiro atoms. The topological polar surface area (TPSA) is 311 Å². The molecule has 4 rings (SSSR count). The molecule has 0 radical (unpaired) electrons. The van der Waals surface area contributed by atoms with Gasteiger partial charge in [-0.05, 0) is 36.3 Å². The van der Waals surface area contributed by atoms with E-state index < -0.39 is 109 Å². The number of aliphatic hydroxyl groups is 4. The summed E-state index contributed by atoms with van der Waals surface area (Å²) in [5.74, 6) is -7.41. The number of allylic oxidation sites excluding steroid dienone is 1. The molecule has 3 aliphatic heterocycles. The van der Waals surface area contributed by atoms with Crippen LogP contribution in [0.3, 0.4) is 0 Å². The van der Waals surface area contributed by atoms with Crippen LogP contribution in [-0.4, -0.2) is 137 Å². The first kappa shape index (κ1) is 36.8. The van der Waals surface area contributed by atoms with E-state index in [4.69, 9.17) is 19.3 Å². The number of ether oxygens (including phenoxy) is 3. The third kappa shape index (κ3) is 8.69. The summed E-state index contributed by atoms with van der Waals surface area (Å²) in [5.41, 5.74) is -1.69. The zero-order valence-corrected chi connectivity index (χ0v) is 25.6. The van der Waals surface area contributed by atoms with E-state index >= 15 is 0 Å². The van der Waals surface area contributed by atoms with E-state index in [1.165, 1.54) is 23.2 Å². The quantitative estimate of drug-likeness (QED) is 0.105. The molecule has 3 aliphatic rings. The normalized spacial score (nSPS) is 27.8. The van der Waals surface area contributed by atoms with Gasteiger partial charge in [-0.15, -0.1) is 0 Å².